The predicted molar refractivity (Wildman–Crippen MR) is 163 cm³/mol. The van der Waals surface area contributed by atoms with Crippen molar-refractivity contribution >= 4 is 51.8 Å². The summed E-state index contributed by atoms with van der Waals surface area (Å²) in [6, 6.07) is 20.9. The molecule has 2 saturated carbocycles. The molecule has 2 heterocycles. The van der Waals surface area contributed by atoms with Crippen molar-refractivity contribution in [1.82, 2.24) is 4.98 Å². The summed E-state index contributed by atoms with van der Waals surface area (Å²) in [4.78, 5) is 59.2. The van der Waals surface area contributed by atoms with E-state index < -0.39 is 12.1 Å². The molecule has 2 bridgehead atoms. The first kappa shape index (κ1) is 27.5. The normalized spacial score (nSPS) is 23.1. The standard InChI is InChI=1S/C35H29ClN2O5/c1-18-27(36)15-14-25-26(35(42)43-19(2)32(39)21-6-4-3-5-7-21)17-28(37-31(18)25)20-10-12-24(13-11-20)38-33(40)29-22-8-9-23(16-22)30(29)34(38)41/h3-7,10-15,17,19,22-23,29-30H,8-9,16H2,1-2H3. The van der Waals surface area contributed by atoms with E-state index in [-0.39, 0.29) is 35.0 Å². The van der Waals surface area contributed by atoms with Gasteiger partial charge >= 0.3 is 5.97 Å². The van der Waals surface area contributed by atoms with Gasteiger partial charge in [-0.05, 0) is 74.8 Å². The van der Waals surface area contributed by atoms with Crippen LogP contribution in [0.4, 0.5) is 5.69 Å². The number of anilines is 1. The largest absolute Gasteiger partial charge is 0.451 e. The monoisotopic (exact) mass is 592 g/mol. The minimum atomic E-state index is -1.00. The van der Waals surface area contributed by atoms with E-state index in [1.54, 1.807) is 73.7 Å². The van der Waals surface area contributed by atoms with E-state index in [0.717, 1.165) is 19.3 Å². The average Bonchev–Trinajstić information content (AvgIpc) is 3.72. The number of hydrogen-bond acceptors (Lipinski definition) is 6. The quantitative estimate of drug-likeness (QED) is 0.138. The minimum Gasteiger partial charge on any atom is -0.451 e. The van der Waals surface area contributed by atoms with Crippen molar-refractivity contribution in [2.45, 2.75) is 39.2 Å². The van der Waals surface area contributed by atoms with Gasteiger partial charge in [-0.3, -0.25) is 19.3 Å². The molecule has 1 saturated heterocycles. The zero-order valence-corrected chi connectivity index (χ0v) is 24.5. The number of pyridine rings is 1. The molecule has 3 aromatic carbocycles. The summed E-state index contributed by atoms with van der Waals surface area (Å²) in [6.07, 6.45) is 2.04. The number of amides is 2. The number of ether oxygens (including phenoxy) is 1. The molecule has 3 fully saturated rings. The lowest BCUT2D eigenvalue weighted by Gasteiger charge is -2.19. The molecule has 4 aromatic rings. The Kier molecular flexibility index (Phi) is 6.66. The number of carbonyl (C=O) groups excluding carboxylic acids is 4. The van der Waals surface area contributed by atoms with Gasteiger partial charge in [0.25, 0.3) is 0 Å². The Morgan fingerprint density at radius 3 is 2.23 bits per heavy atom. The average molecular weight is 593 g/mol. The molecule has 8 heteroatoms. The number of ketones is 1. The molecule has 216 valence electrons. The van der Waals surface area contributed by atoms with Gasteiger partial charge in [0.05, 0.1) is 34.3 Å². The first-order valence-electron chi connectivity index (χ1n) is 14.6. The minimum absolute atomic E-state index is 0.0896. The highest BCUT2D eigenvalue weighted by Crippen LogP contribution is 2.56. The maximum absolute atomic E-state index is 13.5. The van der Waals surface area contributed by atoms with Gasteiger partial charge in [0, 0.05) is 21.5 Å². The van der Waals surface area contributed by atoms with Crippen LogP contribution in [0.1, 0.15) is 52.5 Å². The Labute approximate surface area is 253 Å². The Balaban J connectivity index is 1.21. The van der Waals surface area contributed by atoms with Gasteiger partial charge in [-0.25, -0.2) is 9.78 Å². The second-order valence-corrected chi connectivity index (χ2v) is 12.3. The topological polar surface area (TPSA) is 93.6 Å². The molecule has 1 aromatic heterocycles. The van der Waals surface area contributed by atoms with Crippen molar-refractivity contribution in [3.8, 4) is 11.3 Å². The number of benzene rings is 3. The van der Waals surface area contributed by atoms with Gasteiger partial charge < -0.3 is 4.74 Å². The molecule has 0 spiro atoms. The summed E-state index contributed by atoms with van der Waals surface area (Å²) in [5.74, 6) is -0.880. The molecular weight excluding hydrogens is 564 g/mol. The second-order valence-electron chi connectivity index (χ2n) is 11.8. The molecule has 1 aliphatic heterocycles. The molecule has 2 amide bonds. The highest BCUT2D eigenvalue weighted by molar-refractivity contribution is 6.32. The number of fused-ring (bicyclic) bond motifs is 6. The van der Waals surface area contributed by atoms with Gasteiger partial charge in [-0.1, -0.05) is 60.1 Å². The van der Waals surface area contributed by atoms with Crippen molar-refractivity contribution < 1.29 is 23.9 Å². The molecule has 43 heavy (non-hydrogen) atoms. The highest BCUT2D eigenvalue weighted by atomic mass is 35.5. The first-order chi connectivity index (χ1) is 20.7. The van der Waals surface area contributed by atoms with Crippen molar-refractivity contribution in [2.75, 3.05) is 4.90 Å². The number of rotatable bonds is 6. The van der Waals surface area contributed by atoms with Crippen LogP contribution in [0.5, 0.6) is 0 Å². The Hall–Kier alpha value is -4.36. The van der Waals surface area contributed by atoms with Crippen LogP contribution in [-0.4, -0.2) is 34.7 Å². The number of aryl methyl sites for hydroxylation is 1. The molecule has 5 atom stereocenters. The van der Waals surface area contributed by atoms with E-state index in [1.807, 2.05) is 13.0 Å². The summed E-state index contributed by atoms with van der Waals surface area (Å²) >= 11 is 6.43. The zero-order chi connectivity index (χ0) is 30.0. The lowest BCUT2D eigenvalue weighted by Crippen LogP contribution is -2.32. The molecule has 7 rings (SSSR count). The fourth-order valence-electron chi connectivity index (χ4n) is 7.28. The van der Waals surface area contributed by atoms with Gasteiger partial charge in [0.15, 0.2) is 6.10 Å². The molecule has 2 aliphatic carbocycles. The van der Waals surface area contributed by atoms with E-state index >= 15 is 0 Å². The summed E-state index contributed by atoms with van der Waals surface area (Å²) in [5, 5.41) is 1.06. The van der Waals surface area contributed by atoms with Gasteiger partial charge in [0.1, 0.15) is 0 Å². The van der Waals surface area contributed by atoms with Gasteiger partial charge in [-0.2, -0.15) is 0 Å². The van der Waals surface area contributed by atoms with Crippen molar-refractivity contribution in [1.29, 1.82) is 0 Å². The van der Waals surface area contributed by atoms with E-state index in [0.29, 0.717) is 55.8 Å². The van der Waals surface area contributed by atoms with Crippen LogP contribution in [0.25, 0.3) is 22.2 Å². The fraction of sp³-hybridized carbons (Fsp3) is 0.286. The predicted octanol–water partition coefficient (Wildman–Crippen LogP) is 6.83. The Morgan fingerprint density at radius 1 is 0.930 bits per heavy atom. The number of aromatic nitrogens is 1. The van der Waals surface area contributed by atoms with Crippen LogP contribution in [0, 0.1) is 30.6 Å². The van der Waals surface area contributed by atoms with E-state index in [1.165, 1.54) is 4.90 Å². The smallest absolute Gasteiger partial charge is 0.339 e. The van der Waals surface area contributed by atoms with Crippen LogP contribution >= 0.6 is 11.6 Å². The summed E-state index contributed by atoms with van der Waals surface area (Å²) in [5.41, 5.74) is 3.67. The van der Waals surface area contributed by atoms with E-state index in [4.69, 9.17) is 21.3 Å². The molecule has 7 nitrogen and oxygen atoms in total. The molecule has 0 radical (unpaired) electrons. The number of halogens is 1. The van der Waals surface area contributed by atoms with Gasteiger partial charge in [-0.15, -0.1) is 0 Å². The molecular formula is C35H29ClN2O5. The fourth-order valence-corrected chi connectivity index (χ4v) is 7.43. The Bertz CT molecular complexity index is 1790. The SMILES string of the molecule is Cc1c(Cl)ccc2c(C(=O)OC(C)C(=O)c3ccccc3)cc(-c3ccc(N4C(=O)C5C6CCC(C6)C5C4=O)cc3)nc12. The maximum atomic E-state index is 13.5. The van der Waals surface area contributed by atoms with Crippen LogP contribution in [0.15, 0.2) is 72.8 Å². The lowest BCUT2D eigenvalue weighted by atomic mass is 9.81. The van der Waals surface area contributed by atoms with Gasteiger partial charge in [0.2, 0.25) is 17.6 Å². The lowest BCUT2D eigenvalue weighted by molar-refractivity contribution is -0.123. The summed E-state index contributed by atoms with van der Waals surface area (Å²) < 4.78 is 5.66. The maximum Gasteiger partial charge on any atom is 0.339 e. The van der Waals surface area contributed by atoms with Crippen molar-refractivity contribution in [3.63, 3.8) is 0 Å². The van der Waals surface area contributed by atoms with Crippen molar-refractivity contribution in [2.24, 2.45) is 23.7 Å². The van der Waals surface area contributed by atoms with Crippen LogP contribution < -0.4 is 4.90 Å². The number of nitrogens with zero attached hydrogens (tertiary/aromatic N) is 2. The third-order valence-electron chi connectivity index (χ3n) is 9.45. The number of Topliss-reactive ketones (excluding diaryl/α,β-unsaturated/α-hetero) is 1. The van der Waals surface area contributed by atoms with E-state index in [2.05, 4.69) is 0 Å². The Morgan fingerprint density at radius 2 is 1.58 bits per heavy atom. The third-order valence-corrected chi connectivity index (χ3v) is 9.86. The van der Waals surface area contributed by atoms with Crippen LogP contribution in [-0.2, 0) is 14.3 Å². The highest BCUT2D eigenvalue weighted by Gasteiger charge is 2.61. The molecule has 3 aliphatic rings. The van der Waals surface area contributed by atoms with Crippen LogP contribution in [0.3, 0.4) is 0 Å². The summed E-state index contributed by atoms with van der Waals surface area (Å²) in [6.45, 7) is 3.38. The summed E-state index contributed by atoms with van der Waals surface area (Å²) in [7, 11) is 0. The third kappa shape index (κ3) is 4.45. The number of esters is 1. The molecule has 5 unspecified atom stereocenters. The zero-order valence-electron chi connectivity index (χ0n) is 23.7. The second kappa shape index (κ2) is 10.4. The first-order valence-corrected chi connectivity index (χ1v) is 15.0. The van der Waals surface area contributed by atoms with Crippen molar-refractivity contribution in [3.05, 3.63) is 94.5 Å². The van der Waals surface area contributed by atoms with Crippen LogP contribution in [0.2, 0.25) is 5.02 Å². The number of carbonyl (C=O) groups is 4. The number of hydrogen-bond donors (Lipinski definition) is 0. The molecule has 0 N–H and O–H groups in total. The number of imide groups is 1. The van der Waals surface area contributed by atoms with E-state index in [9.17, 15) is 19.2 Å².